The monoisotopic (exact) mass is 235 g/mol. The first kappa shape index (κ1) is 11.8. The van der Waals surface area contributed by atoms with Gasteiger partial charge in [0.1, 0.15) is 5.82 Å². The van der Waals surface area contributed by atoms with Crippen molar-refractivity contribution in [1.29, 1.82) is 0 Å². The quantitative estimate of drug-likeness (QED) is 0.407. The molecule has 6 nitrogen and oxygen atoms in total. The summed E-state index contributed by atoms with van der Waals surface area (Å²) in [6, 6.07) is 5.89. The molecule has 1 fully saturated rings. The lowest BCUT2D eigenvalue weighted by atomic mass is 10.3. The Morgan fingerprint density at radius 2 is 2.12 bits per heavy atom. The summed E-state index contributed by atoms with van der Waals surface area (Å²) >= 11 is 0. The largest absolute Gasteiger partial charge is 0.354 e. The minimum absolute atomic E-state index is 0.142. The second kappa shape index (κ2) is 5.60. The van der Waals surface area contributed by atoms with Crippen molar-refractivity contribution in [2.24, 2.45) is 5.84 Å². The SMILES string of the molecule is NNC(=O)CN1CCN(c2ccccn2)CC1. The van der Waals surface area contributed by atoms with E-state index in [0.717, 1.165) is 32.0 Å². The molecule has 92 valence electrons. The molecule has 0 radical (unpaired) electrons. The minimum Gasteiger partial charge on any atom is -0.354 e. The van der Waals surface area contributed by atoms with Crippen LogP contribution in [0.1, 0.15) is 0 Å². The molecule has 1 saturated heterocycles. The van der Waals surface area contributed by atoms with E-state index >= 15 is 0 Å². The maximum absolute atomic E-state index is 11.1. The van der Waals surface area contributed by atoms with Crippen LogP contribution >= 0.6 is 0 Å². The van der Waals surface area contributed by atoms with Crippen LogP contribution in [0.5, 0.6) is 0 Å². The van der Waals surface area contributed by atoms with Gasteiger partial charge in [-0.2, -0.15) is 0 Å². The van der Waals surface area contributed by atoms with E-state index in [1.165, 1.54) is 0 Å². The van der Waals surface area contributed by atoms with Crippen LogP contribution in [-0.4, -0.2) is 48.5 Å². The Balaban J connectivity index is 1.84. The van der Waals surface area contributed by atoms with Crippen LogP contribution in [0.15, 0.2) is 24.4 Å². The van der Waals surface area contributed by atoms with Crippen molar-refractivity contribution in [3.63, 3.8) is 0 Å². The number of pyridine rings is 1. The topological polar surface area (TPSA) is 74.5 Å². The second-order valence-corrected chi connectivity index (χ2v) is 4.02. The molecule has 2 rings (SSSR count). The molecule has 1 aliphatic rings. The smallest absolute Gasteiger partial charge is 0.248 e. The summed E-state index contributed by atoms with van der Waals surface area (Å²) in [6.45, 7) is 3.84. The lowest BCUT2D eigenvalue weighted by Gasteiger charge is -2.34. The molecule has 6 heteroatoms. The molecule has 1 aliphatic heterocycles. The van der Waals surface area contributed by atoms with Crippen molar-refractivity contribution in [3.05, 3.63) is 24.4 Å². The molecule has 3 N–H and O–H groups in total. The first-order valence-corrected chi connectivity index (χ1v) is 5.67. The van der Waals surface area contributed by atoms with Crippen molar-refractivity contribution < 1.29 is 4.79 Å². The number of nitrogens with one attached hydrogen (secondary N) is 1. The molecule has 0 spiro atoms. The van der Waals surface area contributed by atoms with Gasteiger partial charge in [-0.05, 0) is 12.1 Å². The minimum atomic E-state index is -0.142. The normalized spacial score (nSPS) is 16.9. The highest BCUT2D eigenvalue weighted by molar-refractivity contribution is 5.77. The molecule has 0 atom stereocenters. The zero-order valence-electron chi connectivity index (χ0n) is 9.67. The Morgan fingerprint density at radius 3 is 2.71 bits per heavy atom. The third kappa shape index (κ3) is 3.15. The van der Waals surface area contributed by atoms with Gasteiger partial charge in [-0.3, -0.25) is 15.1 Å². The number of hydrogen-bond donors (Lipinski definition) is 2. The number of carbonyl (C=O) groups excluding carboxylic acids is 1. The molecule has 2 heterocycles. The van der Waals surface area contributed by atoms with Crippen LogP contribution in [0.2, 0.25) is 0 Å². The molecule has 1 aromatic rings. The van der Waals surface area contributed by atoms with E-state index in [1.807, 2.05) is 18.2 Å². The van der Waals surface area contributed by atoms with Crippen LogP contribution in [0.3, 0.4) is 0 Å². The second-order valence-electron chi connectivity index (χ2n) is 4.02. The third-order valence-electron chi connectivity index (χ3n) is 2.87. The summed E-state index contributed by atoms with van der Waals surface area (Å²) < 4.78 is 0. The van der Waals surface area contributed by atoms with Gasteiger partial charge in [0.2, 0.25) is 5.91 Å². The van der Waals surface area contributed by atoms with Crippen LogP contribution in [0, 0.1) is 0 Å². The standard InChI is InChI=1S/C11H17N5O/c12-14-11(17)9-15-5-7-16(8-6-15)10-3-1-2-4-13-10/h1-4H,5-9,12H2,(H,14,17). The van der Waals surface area contributed by atoms with Gasteiger partial charge in [0, 0.05) is 32.4 Å². The molecular weight excluding hydrogens is 218 g/mol. The van der Waals surface area contributed by atoms with E-state index < -0.39 is 0 Å². The fourth-order valence-electron chi connectivity index (χ4n) is 1.92. The number of hydrogen-bond acceptors (Lipinski definition) is 5. The molecule has 0 unspecified atom stereocenters. The summed E-state index contributed by atoms with van der Waals surface area (Å²) in [4.78, 5) is 19.7. The molecule has 0 saturated carbocycles. The fraction of sp³-hybridized carbons (Fsp3) is 0.455. The third-order valence-corrected chi connectivity index (χ3v) is 2.87. The Kier molecular flexibility index (Phi) is 3.89. The molecule has 1 amide bonds. The number of hydrazine groups is 1. The van der Waals surface area contributed by atoms with Crippen molar-refractivity contribution in [2.75, 3.05) is 37.6 Å². The number of rotatable bonds is 3. The van der Waals surface area contributed by atoms with Crippen molar-refractivity contribution in [2.45, 2.75) is 0 Å². The highest BCUT2D eigenvalue weighted by Gasteiger charge is 2.19. The van der Waals surface area contributed by atoms with Crippen LogP contribution < -0.4 is 16.2 Å². The number of nitrogens with two attached hydrogens (primary N) is 1. The summed E-state index contributed by atoms with van der Waals surface area (Å²) in [7, 11) is 0. The van der Waals surface area contributed by atoms with E-state index in [1.54, 1.807) is 6.20 Å². The summed E-state index contributed by atoms with van der Waals surface area (Å²) in [5.41, 5.74) is 2.15. The number of piperazine rings is 1. The van der Waals surface area contributed by atoms with Crippen molar-refractivity contribution >= 4 is 11.7 Å². The molecule has 0 bridgehead atoms. The molecular formula is C11H17N5O. The van der Waals surface area contributed by atoms with Crippen molar-refractivity contribution in [1.82, 2.24) is 15.3 Å². The Morgan fingerprint density at radius 1 is 1.35 bits per heavy atom. The zero-order chi connectivity index (χ0) is 12.1. The van der Waals surface area contributed by atoms with E-state index in [4.69, 9.17) is 5.84 Å². The van der Waals surface area contributed by atoms with Crippen molar-refractivity contribution in [3.8, 4) is 0 Å². The van der Waals surface area contributed by atoms with Gasteiger partial charge in [0.25, 0.3) is 0 Å². The number of anilines is 1. The van der Waals surface area contributed by atoms with E-state index in [0.29, 0.717) is 6.54 Å². The predicted octanol–water partition coefficient (Wildman–Crippen LogP) is -0.806. The highest BCUT2D eigenvalue weighted by Crippen LogP contribution is 2.11. The maximum Gasteiger partial charge on any atom is 0.248 e. The zero-order valence-corrected chi connectivity index (χ0v) is 9.67. The Labute approximate surface area is 100 Å². The number of amides is 1. The first-order valence-electron chi connectivity index (χ1n) is 5.67. The average Bonchev–Trinajstić information content (AvgIpc) is 2.40. The highest BCUT2D eigenvalue weighted by atomic mass is 16.2. The van der Waals surface area contributed by atoms with E-state index in [2.05, 4.69) is 20.2 Å². The fourth-order valence-corrected chi connectivity index (χ4v) is 1.92. The summed E-state index contributed by atoms with van der Waals surface area (Å²) in [6.07, 6.45) is 1.80. The number of carbonyl (C=O) groups is 1. The van der Waals surface area contributed by atoms with Gasteiger partial charge in [-0.1, -0.05) is 6.07 Å². The maximum atomic E-state index is 11.1. The molecule has 17 heavy (non-hydrogen) atoms. The lowest BCUT2D eigenvalue weighted by Crippen LogP contribution is -2.50. The molecule has 1 aromatic heterocycles. The Hall–Kier alpha value is -1.66. The van der Waals surface area contributed by atoms with Crippen LogP contribution in [0.25, 0.3) is 0 Å². The van der Waals surface area contributed by atoms with E-state index in [-0.39, 0.29) is 5.91 Å². The van der Waals surface area contributed by atoms with Gasteiger partial charge in [-0.15, -0.1) is 0 Å². The first-order chi connectivity index (χ1) is 8.29. The van der Waals surface area contributed by atoms with Crippen LogP contribution in [-0.2, 0) is 4.79 Å². The van der Waals surface area contributed by atoms with Gasteiger partial charge in [-0.25, -0.2) is 10.8 Å². The van der Waals surface area contributed by atoms with Gasteiger partial charge < -0.3 is 4.90 Å². The summed E-state index contributed by atoms with van der Waals surface area (Å²) in [5, 5.41) is 0. The molecule has 0 aliphatic carbocycles. The number of aromatic nitrogens is 1. The van der Waals surface area contributed by atoms with Crippen LogP contribution in [0.4, 0.5) is 5.82 Å². The average molecular weight is 235 g/mol. The lowest BCUT2D eigenvalue weighted by molar-refractivity contribution is -0.122. The molecule has 0 aromatic carbocycles. The van der Waals surface area contributed by atoms with Gasteiger partial charge in [0.05, 0.1) is 6.54 Å². The van der Waals surface area contributed by atoms with Gasteiger partial charge >= 0.3 is 0 Å². The predicted molar refractivity (Wildman–Crippen MR) is 65.2 cm³/mol. The van der Waals surface area contributed by atoms with Gasteiger partial charge in [0.15, 0.2) is 0 Å². The number of nitrogens with zero attached hydrogens (tertiary/aromatic N) is 3. The Bertz CT molecular complexity index is 361. The van der Waals surface area contributed by atoms with E-state index in [9.17, 15) is 4.79 Å². The summed E-state index contributed by atoms with van der Waals surface area (Å²) in [5.74, 6) is 5.91.